The van der Waals surface area contributed by atoms with E-state index >= 15 is 0 Å². The Balaban J connectivity index is 1.76. The summed E-state index contributed by atoms with van der Waals surface area (Å²) in [5.41, 5.74) is 0. The predicted octanol–water partition coefficient (Wildman–Crippen LogP) is 2.73. The molecule has 0 atom stereocenters. The van der Waals surface area contributed by atoms with Crippen LogP contribution in [-0.4, -0.2) is 39.5 Å². The number of nitrogens with zero attached hydrogens (tertiary/aromatic N) is 1. The molecule has 2 aromatic carbocycles. The van der Waals surface area contributed by atoms with Crippen LogP contribution in [0.5, 0.6) is 0 Å². The average molecular weight is 419 g/mol. The molecule has 0 saturated carbocycles. The third-order valence-corrected chi connectivity index (χ3v) is 8.68. The van der Waals surface area contributed by atoms with Crippen LogP contribution in [0.15, 0.2) is 52.3 Å². The molecule has 3 rings (SSSR count). The fourth-order valence-electron chi connectivity index (χ4n) is 2.99. The van der Waals surface area contributed by atoms with Crippen molar-refractivity contribution in [2.45, 2.75) is 27.9 Å². The van der Waals surface area contributed by atoms with Crippen LogP contribution in [0, 0.1) is 17.5 Å². The molecular formula is C17H16F3NO4S2. The zero-order valence-electron chi connectivity index (χ0n) is 14.0. The maximum Gasteiger partial charge on any atom is 0.243 e. The lowest BCUT2D eigenvalue weighted by molar-refractivity contribution is 0.345. The molecule has 146 valence electrons. The SMILES string of the molecule is O=S(=O)(c1ccc(F)cc1)C1CCN(S(=O)(=O)c2ccc(F)c(F)c2)CC1. The minimum Gasteiger partial charge on any atom is -0.223 e. The van der Waals surface area contributed by atoms with Crippen LogP contribution in [0.2, 0.25) is 0 Å². The van der Waals surface area contributed by atoms with E-state index in [1.54, 1.807) is 0 Å². The molecule has 1 saturated heterocycles. The van der Waals surface area contributed by atoms with E-state index in [2.05, 4.69) is 0 Å². The standard InChI is InChI=1S/C17H16F3NO4S2/c18-12-1-3-13(4-2-12)26(22,23)14-7-9-21(10-8-14)27(24,25)15-5-6-16(19)17(20)11-15/h1-6,11,14H,7-10H2. The van der Waals surface area contributed by atoms with Crippen molar-refractivity contribution in [1.29, 1.82) is 0 Å². The predicted molar refractivity (Wildman–Crippen MR) is 91.7 cm³/mol. The van der Waals surface area contributed by atoms with Gasteiger partial charge in [-0.05, 0) is 55.3 Å². The van der Waals surface area contributed by atoms with Gasteiger partial charge in [-0.1, -0.05) is 0 Å². The van der Waals surface area contributed by atoms with E-state index in [1.165, 1.54) is 12.1 Å². The number of halogens is 3. The number of sulfone groups is 1. The molecule has 0 unspecified atom stereocenters. The van der Waals surface area contributed by atoms with Crippen molar-refractivity contribution in [3.05, 3.63) is 59.9 Å². The van der Waals surface area contributed by atoms with Crippen molar-refractivity contribution >= 4 is 19.9 Å². The number of hydrogen-bond acceptors (Lipinski definition) is 4. The molecule has 0 aliphatic carbocycles. The summed E-state index contributed by atoms with van der Waals surface area (Å²) in [6.07, 6.45) is 0.0885. The van der Waals surface area contributed by atoms with Crippen LogP contribution in [0.4, 0.5) is 13.2 Å². The van der Waals surface area contributed by atoms with Gasteiger partial charge in [0.25, 0.3) is 0 Å². The molecule has 0 aromatic heterocycles. The molecule has 1 fully saturated rings. The molecule has 1 aliphatic heterocycles. The Hall–Kier alpha value is -1.91. The zero-order valence-corrected chi connectivity index (χ0v) is 15.6. The minimum absolute atomic E-state index is 0.0224. The van der Waals surface area contributed by atoms with Gasteiger partial charge in [0.05, 0.1) is 15.0 Å². The van der Waals surface area contributed by atoms with Gasteiger partial charge in [-0.15, -0.1) is 0 Å². The first-order valence-corrected chi connectivity index (χ1v) is 11.1. The Morgan fingerprint density at radius 1 is 0.778 bits per heavy atom. The van der Waals surface area contributed by atoms with Crippen LogP contribution >= 0.6 is 0 Å². The number of benzene rings is 2. The third-order valence-electron chi connectivity index (χ3n) is 4.51. The highest BCUT2D eigenvalue weighted by molar-refractivity contribution is 7.92. The molecule has 2 aromatic rings. The van der Waals surface area contributed by atoms with Gasteiger partial charge >= 0.3 is 0 Å². The second kappa shape index (κ2) is 7.25. The highest BCUT2D eigenvalue weighted by Gasteiger charge is 2.36. The first-order valence-electron chi connectivity index (χ1n) is 8.07. The van der Waals surface area contributed by atoms with E-state index in [0.29, 0.717) is 6.07 Å². The fraction of sp³-hybridized carbons (Fsp3) is 0.294. The Labute approximate surface area is 155 Å². The van der Waals surface area contributed by atoms with Crippen molar-refractivity contribution < 1.29 is 30.0 Å². The van der Waals surface area contributed by atoms with Gasteiger partial charge in [-0.2, -0.15) is 4.31 Å². The molecule has 0 radical (unpaired) electrons. The van der Waals surface area contributed by atoms with E-state index in [1.807, 2.05) is 0 Å². The largest absolute Gasteiger partial charge is 0.243 e. The molecule has 0 amide bonds. The van der Waals surface area contributed by atoms with Crippen LogP contribution in [0.25, 0.3) is 0 Å². The summed E-state index contributed by atoms with van der Waals surface area (Å²) in [6, 6.07) is 6.75. The summed E-state index contributed by atoms with van der Waals surface area (Å²) in [4.78, 5) is -0.410. The lowest BCUT2D eigenvalue weighted by Gasteiger charge is -2.31. The second-order valence-corrected chi connectivity index (χ2v) is 10.3. The van der Waals surface area contributed by atoms with E-state index in [9.17, 15) is 30.0 Å². The van der Waals surface area contributed by atoms with Gasteiger partial charge < -0.3 is 0 Å². The molecule has 1 aliphatic rings. The average Bonchev–Trinajstić information content (AvgIpc) is 2.64. The van der Waals surface area contributed by atoms with E-state index in [4.69, 9.17) is 0 Å². The lowest BCUT2D eigenvalue weighted by atomic mass is 10.2. The highest BCUT2D eigenvalue weighted by atomic mass is 32.2. The zero-order chi connectivity index (χ0) is 19.8. The monoisotopic (exact) mass is 419 g/mol. The summed E-state index contributed by atoms with van der Waals surface area (Å²) in [7, 11) is -7.78. The maximum absolute atomic E-state index is 13.3. The summed E-state index contributed by atoms with van der Waals surface area (Å²) < 4.78 is 90.8. The third kappa shape index (κ3) is 3.87. The minimum atomic E-state index is -4.06. The van der Waals surface area contributed by atoms with Crippen molar-refractivity contribution in [3.8, 4) is 0 Å². The molecule has 0 bridgehead atoms. The van der Waals surface area contributed by atoms with Gasteiger partial charge in [0, 0.05) is 13.1 Å². The van der Waals surface area contributed by atoms with Gasteiger partial charge in [0.2, 0.25) is 10.0 Å². The number of hydrogen-bond donors (Lipinski definition) is 0. The first-order chi connectivity index (χ1) is 12.6. The van der Waals surface area contributed by atoms with Crippen molar-refractivity contribution in [3.63, 3.8) is 0 Å². The number of piperidine rings is 1. The summed E-state index contributed by atoms with van der Waals surface area (Å²) in [5.74, 6) is -2.98. The highest BCUT2D eigenvalue weighted by Crippen LogP contribution is 2.28. The smallest absolute Gasteiger partial charge is 0.223 e. The molecule has 10 heteroatoms. The first kappa shape index (κ1) is 19.8. The molecular weight excluding hydrogens is 403 g/mol. The Morgan fingerprint density at radius 2 is 1.33 bits per heavy atom. The van der Waals surface area contributed by atoms with E-state index in [-0.39, 0.29) is 35.7 Å². The molecule has 0 spiro atoms. The Kier molecular flexibility index (Phi) is 5.33. The maximum atomic E-state index is 13.3. The van der Waals surface area contributed by atoms with Crippen LogP contribution in [0.3, 0.4) is 0 Å². The van der Waals surface area contributed by atoms with Gasteiger partial charge in [-0.25, -0.2) is 30.0 Å². The van der Waals surface area contributed by atoms with Crippen molar-refractivity contribution in [2.24, 2.45) is 0 Å². The summed E-state index contributed by atoms with van der Waals surface area (Å²) >= 11 is 0. The Bertz CT molecular complexity index is 1050. The van der Waals surface area contributed by atoms with Crippen LogP contribution in [-0.2, 0) is 19.9 Å². The van der Waals surface area contributed by atoms with E-state index in [0.717, 1.165) is 28.6 Å². The molecule has 5 nitrogen and oxygen atoms in total. The number of rotatable bonds is 4. The summed E-state index contributed by atoms with van der Waals surface area (Å²) in [5, 5.41) is -0.806. The summed E-state index contributed by atoms with van der Waals surface area (Å²) in [6.45, 7) is -0.154. The van der Waals surface area contributed by atoms with Crippen LogP contribution in [0.1, 0.15) is 12.8 Å². The normalized spacial score (nSPS) is 17.1. The number of sulfonamides is 1. The van der Waals surface area contributed by atoms with E-state index < -0.39 is 42.6 Å². The Morgan fingerprint density at radius 3 is 1.89 bits per heavy atom. The van der Waals surface area contributed by atoms with Gasteiger partial charge in [0.15, 0.2) is 21.5 Å². The fourth-order valence-corrected chi connectivity index (χ4v) is 6.20. The molecule has 1 heterocycles. The van der Waals surface area contributed by atoms with Gasteiger partial charge in [-0.3, -0.25) is 0 Å². The topological polar surface area (TPSA) is 71.5 Å². The van der Waals surface area contributed by atoms with Crippen LogP contribution < -0.4 is 0 Å². The van der Waals surface area contributed by atoms with Gasteiger partial charge in [0.1, 0.15) is 5.82 Å². The van der Waals surface area contributed by atoms with Crippen molar-refractivity contribution in [1.82, 2.24) is 4.31 Å². The second-order valence-electron chi connectivity index (χ2n) is 6.18. The quantitative estimate of drug-likeness (QED) is 0.715. The van der Waals surface area contributed by atoms with Crippen molar-refractivity contribution in [2.75, 3.05) is 13.1 Å². The molecule has 27 heavy (non-hydrogen) atoms. The lowest BCUT2D eigenvalue weighted by Crippen LogP contribution is -2.42. The molecule has 0 N–H and O–H groups in total.